The Morgan fingerprint density at radius 3 is 2.50 bits per heavy atom. The summed E-state index contributed by atoms with van der Waals surface area (Å²) in [6.45, 7) is 10.9. The number of anilines is 1. The Morgan fingerprint density at radius 2 is 2.00 bits per heavy atom. The Hall–Kier alpha value is -1.07. The van der Waals surface area contributed by atoms with Gasteiger partial charge in [-0.2, -0.15) is 0 Å². The van der Waals surface area contributed by atoms with Crippen molar-refractivity contribution in [3.05, 3.63) is 11.8 Å². The minimum atomic E-state index is 0.214. The van der Waals surface area contributed by atoms with Crippen LogP contribution < -0.4 is 5.73 Å². The molecule has 1 atom stereocenters. The standard InChI is InChI=1S/C13H26N4O/c1-5-17(6-2)9-7-8-16(4)11(3)12-10-13(14)15-18-12/h10-11H,5-9H2,1-4H3,(H2,14,15). The number of nitrogens with zero attached hydrogens (tertiary/aromatic N) is 3. The largest absolute Gasteiger partial charge is 0.381 e. The molecule has 1 aromatic heterocycles. The lowest BCUT2D eigenvalue weighted by Crippen LogP contribution is -2.29. The van der Waals surface area contributed by atoms with Gasteiger partial charge in [-0.25, -0.2) is 0 Å². The molecule has 2 N–H and O–H groups in total. The molecule has 18 heavy (non-hydrogen) atoms. The maximum atomic E-state index is 5.56. The molecule has 0 radical (unpaired) electrons. The average molecular weight is 254 g/mol. The fourth-order valence-electron chi connectivity index (χ4n) is 2.00. The van der Waals surface area contributed by atoms with E-state index in [4.69, 9.17) is 10.3 Å². The molecule has 0 aromatic carbocycles. The normalized spacial score (nSPS) is 13.4. The number of nitrogens with two attached hydrogens (primary N) is 1. The highest BCUT2D eigenvalue weighted by Gasteiger charge is 2.16. The van der Waals surface area contributed by atoms with Gasteiger partial charge < -0.3 is 15.2 Å². The van der Waals surface area contributed by atoms with E-state index in [2.05, 4.69) is 42.8 Å². The molecule has 0 saturated heterocycles. The Bertz CT molecular complexity index is 335. The molecule has 1 unspecified atom stereocenters. The van der Waals surface area contributed by atoms with Crippen LogP contribution in [-0.4, -0.2) is 48.2 Å². The molecule has 0 saturated carbocycles. The van der Waals surface area contributed by atoms with Crippen LogP contribution in [0.2, 0.25) is 0 Å². The zero-order valence-electron chi connectivity index (χ0n) is 12.0. The molecule has 0 fully saturated rings. The van der Waals surface area contributed by atoms with Crippen LogP contribution in [0.25, 0.3) is 0 Å². The van der Waals surface area contributed by atoms with E-state index >= 15 is 0 Å². The monoisotopic (exact) mass is 254 g/mol. The van der Waals surface area contributed by atoms with Crippen LogP contribution in [0.15, 0.2) is 10.6 Å². The van der Waals surface area contributed by atoms with E-state index in [1.807, 2.05) is 0 Å². The average Bonchev–Trinajstić information content (AvgIpc) is 2.80. The highest BCUT2D eigenvalue weighted by molar-refractivity contribution is 5.27. The van der Waals surface area contributed by atoms with Gasteiger partial charge in [-0.05, 0) is 46.6 Å². The highest BCUT2D eigenvalue weighted by Crippen LogP contribution is 2.20. The van der Waals surface area contributed by atoms with Gasteiger partial charge >= 0.3 is 0 Å². The molecule has 0 aliphatic rings. The summed E-state index contributed by atoms with van der Waals surface area (Å²) in [7, 11) is 2.10. The number of aromatic nitrogens is 1. The summed E-state index contributed by atoms with van der Waals surface area (Å²) in [4.78, 5) is 4.70. The molecule has 1 aromatic rings. The minimum absolute atomic E-state index is 0.214. The highest BCUT2D eigenvalue weighted by atomic mass is 16.5. The Morgan fingerprint density at radius 1 is 1.33 bits per heavy atom. The van der Waals surface area contributed by atoms with Gasteiger partial charge in [-0.3, -0.25) is 4.90 Å². The number of hydrogen-bond donors (Lipinski definition) is 1. The molecular formula is C13H26N4O. The lowest BCUT2D eigenvalue weighted by atomic mass is 10.2. The second-order valence-corrected chi connectivity index (χ2v) is 4.69. The van der Waals surface area contributed by atoms with E-state index in [1.54, 1.807) is 6.07 Å². The minimum Gasteiger partial charge on any atom is -0.381 e. The lowest BCUT2D eigenvalue weighted by molar-refractivity contribution is 0.199. The van der Waals surface area contributed by atoms with Crippen molar-refractivity contribution in [2.45, 2.75) is 33.2 Å². The van der Waals surface area contributed by atoms with Gasteiger partial charge in [-0.1, -0.05) is 19.0 Å². The van der Waals surface area contributed by atoms with E-state index in [1.165, 1.54) is 0 Å². The number of rotatable bonds is 8. The molecule has 104 valence electrons. The van der Waals surface area contributed by atoms with Crippen molar-refractivity contribution in [2.75, 3.05) is 39.0 Å². The SMILES string of the molecule is CCN(CC)CCCN(C)C(C)c1cc(N)no1. The molecule has 5 nitrogen and oxygen atoms in total. The molecule has 1 rings (SSSR count). The van der Waals surface area contributed by atoms with E-state index in [9.17, 15) is 0 Å². The van der Waals surface area contributed by atoms with Gasteiger partial charge in [0.05, 0.1) is 6.04 Å². The van der Waals surface area contributed by atoms with Crippen molar-refractivity contribution >= 4 is 5.82 Å². The summed E-state index contributed by atoms with van der Waals surface area (Å²) in [5, 5.41) is 3.72. The van der Waals surface area contributed by atoms with Gasteiger partial charge in [0.15, 0.2) is 11.6 Å². The van der Waals surface area contributed by atoms with Crippen LogP contribution in [0, 0.1) is 0 Å². The Kier molecular flexibility index (Phi) is 6.15. The van der Waals surface area contributed by atoms with Gasteiger partial charge in [-0.15, -0.1) is 0 Å². The summed E-state index contributed by atoms with van der Waals surface area (Å²) < 4.78 is 5.19. The Labute approximate surface area is 110 Å². The number of hydrogen-bond acceptors (Lipinski definition) is 5. The zero-order valence-corrected chi connectivity index (χ0v) is 12.0. The van der Waals surface area contributed by atoms with E-state index in [0.717, 1.165) is 38.4 Å². The summed E-state index contributed by atoms with van der Waals surface area (Å²) in [6.07, 6.45) is 1.16. The van der Waals surface area contributed by atoms with Crippen LogP contribution in [0.4, 0.5) is 5.82 Å². The summed E-state index contributed by atoms with van der Waals surface area (Å²) >= 11 is 0. The zero-order chi connectivity index (χ0) is 13.5. The summed E-state index contributed by atoms with van der Waals surface area (Å²) in [6, 6.07) is 2.01. The molecule has 0 spiro atoms. The first-order valence-corrected chi connectivity index (χ1v) is 6.73. The topological polar surface area (TPSA) is 58.5 Å². The quantitative estimate of drug-likeness (QED) is 0.768. The van der Waals surface area contributed by atoms with Crippen molar-refractivity contribution in [1.29, 1.82) is 0 Å². The van der Waals surface area contributed by atoms with Crippen LogP contribution in [0.5, 0.6) is 0 Å². The van der Waals surface area contributed by atoms with Crippen molar-refractivity contribution in [3.63, 3.8) is 0 Å². The van der Waals surface area contributed by atoms with Gasteiger partial charge in [0.2, 0.25) is 0 Å². The smallest absolute Gasteiger partial charge is 0.167 e. The fraction of sp³-hybridized carbons (Fsp3) is 0.769. The van der Waals surface area contributed by atoms with Crippen LogP contribution in [-0.2, 0) is 0 Å². The first kappa shape index (κ1) is 15.0. The molecule has 0 bridgehead atoms. The second-order valence-electron chi connectivity index (χ2n) is 4.69. The second kappa shape index (κ2) is 7.38. The van der Waals surface area contributed by atoms with Crippen molar-refractivity contribution in [2.24, 2.45) is 0 Å². The van der Waals surface area contributed by atoms with Crippen LogP contribution in [0.1, 0.15) is 39.0 Å². The lowest BCUT2D eigenvalue weighted by Gasteiger charge is -2.24. The van der Waals surface area contributed by atoms with Crippen LogP contribution in [0.3, 0.4) is 0 Å². The predicted octanol–water partition coefficient (Wildman–Crippen LogP) is 1.98. The molecule has 0 aliphatic carbocycles. The first-order valence-electron chi connectivity index (χ1n) is 6.73. The van der Waals surface area contributed by atoms with Gasteiger partial charge in [0.1, 0.15) is 0 Å². The third-order valence-electron chi connectivity index (χ3n) is 3.50. The van der Waals surface area contributed by atoms with Crippen molar-refractivity contribution in [1.82, 2.24) is 15.0 Å². The molecular weight excluding hydrogens is 228 g/mol. The van der Waals surface area contributed by atoms with Crippen molar-refractivity contribution < 1.29 is 4.52 Å². The maximum Gasteiger partial charge on any atom is 0.167 e. The third kappa shape index (κ3) is 4.31. The van der Waals surface area contributed by atoms with E-state index in [-0.39, 0.29) is 6.04 Å². The first-order chi connectivity index (χ1) is 8.58. The summed E-state index contributed by atoms with van der Waals surface area (Å²) in [5.41, 5.74) is 5.56. The van der Waals surface area contributed by atoms with E-state index in [0.29, 0.717) is 5.82 Å². The third-order valence-corrected chi connectivity index (χ3v) is 3.50. The van der Waals surface area contributed by atoms with Crippen molar-refractivity contribution in [3.8, 4) is 0 Å². The Balaban J connectivity index is 2.34. The summed E-state index contributed by atoms with van der Waals surface area (Å²) in [5.74, 6) is 1.28. The maximum absolute atomic E-state index is 5.56. The molecule has 0 amide bonds. The van der Waals surface area contributed by atoms with Crippen LogP contribution >= 0.6 is 0 Å². The van der Waals surface area contributed by atoms with Gasteiger partial charge in [0, 0.05) is 6.07 Å². The number of nitrogen functional groups attached to an aromatic ring is 1. The van der Waals surface area contributed by atoms with Gasteiger partial charge in [0.25, 0.3) is 0 Å². The molecule has 1 heterocycles. The van der Waals surface area contributed by atoms with E-state index < -0.39 is 0 Å². The molecule has 5 heteroatoms. The fourth-order valence-corrected chi connectivity index (χ4v) is 2.00. The predicted molar refractivity (Wildman–Crippen MR) is 74.4 cm³/mol. The molecule has 0 aliphatic heterocycles.